The molecular weight excluding hydrogens is 548 g/mol. The molecule has 0 bridgehead atoms. The monoisotopic (exact) mass is 580 g/mol. The molecule has 2 unspecified atom stereocenters. The molecule has 1 spiro atoms. The molecule has 4 aliphatic heterocycles. The molecule has 5 atom stereocenters. The molecule has 16 nitrogen and oxygen atoms in total. The third-order valence-electron chi connectivity index (χ3n) is 8.52. The third kappa shape index (κ3) is 4.25. The molecule has 16 heteroatoms. The Balaban J connectivity index is 1.22. The average Bonchev–Trinajstić information content (AvgIpc) is 3.42. The van der Waals surface area contributed by atoms with Crippen LogP contribution >= 0.6 is 0 Å². The van der Waals surface area contributed by atoms with Gasteiger partial charge in [-0.2, -0.15) is 0 Å². The number of para-hydroxylation sites is 1. The van der Waals surface area contributed by atoms with Crippen LogP contribution in [0.2, 0.25) is 0 Å². The van der Waals surface area contributed by atoms with Gasteiger partial charge in [-0.1, -0.05) is 26.0 Å². The number of benzene rings is 1. The quantitative estimate of drug-likeness (QED) is 0.177. The van der Waals surface area contributed by atoms with E-state index in [4.69, 9.17) is 15.6 Å². The summed E-state index contributed by atoms with van der Waals surface area (Å²) in [6, 6.07) is 4.10. The summed E-state index contributed by atoms with van der Waals surface area (Å²) in [5.41, 5.74) is -2.08. The molecule has 42 heavy (non-hydrogen) atoms. The lowest BCUT2D eigenvalue weighted by atomic mass is 9.79. The second-order valence-corrected chi connectivity index (χ2v) is 11.6. The zero-order valence-corrected chi connectivity index (χ0v) is 22.9. The van der Waals surface area contributed by atoms with Gasteiger partial charge in [0, 0.05) is 24.7 Å². The molecule has 10 N–H and O–H groups in total. The highest BCUT2D eigenvalue weighted by Crippen LogP contribution is 2.41. The zero-order valence-electron chi connectivity index (χ0n) is 22.9. The Morgan fingerprint density at radius 3 is 2.71 bits per heavy atom. The molecule has 0 aliphatic carbocycles. The first-order valence-electron chi connectivity index (χ1n) is 13.5. The van der Waals surface area contributed by atoms with E-state index in [1.807, 2.05) is 11.1 Å². The Labute approximate surface area is 238 Å². The summed E-state index contributed by atoms with van der Waals surface area (Å²) >= 11 is 0. The number of aromatic amines is 2. The van der Waals surface area contributed by atoms with Crippen molar-refractivity contribution in [2.75, 3.05) is 19.7 Å². The van der Waals surface area contributed by atoms with Gasteiger partial charge in [0.25, 0.3) is 17.4 Å². The Hall–Kier alpha value is -4.86. The first-order valence-corrected chi connectivity index (χ1v) is 13.5. The lowest BCUT2D eigenvalue weighted by molar-refractivity contribution is 0.00611. The second-order valence-electron chi connectivity index (χ2n) is 11.6. The van der Waals surface area contributed by atoms with E-state index < -0.39 is 53.0 Å². The van der Waals surface area contributed by atoms with Crippen molar-refractivity contribution in [2.45, 2.75) is 55.6 Å². The normalized spacial score (nSPS) is 28.7. The Bertz CT molecular complexity index is 1590. The van der Waals surface area contributed by atoms with Gasteiger partial charge in [-0.15, -0.1) is 0 Å². The van der Waals surface area contributed by atoms with Gasteiger partial charge in [0.05, 0.1) is 30.3 Å². The summed E-state index contributed by atoms with van der Waals surface area (Å²) in [6.45, 7) is 4.64. The number of carbonyl (C=O) groups is 2. The minimum Gasteiger partial charge on any atom is -0.492 e. The number of fused-ring (bicyclic) bond motifs is 1. The first-order chi connectivity index (χ1) is 19.9. The maximum atomic E-state index is 13.5. The number of amides is 2. The van der Waals surface area contributed by atoms with E-state index in [0.717, 1.165) is 18.1 Å². The van der Waals surface area contributed by atoms with Crippen LogP contribution in [-0.4, -0.2) is 93.3 Å². The summed E-state index contributed by atoms with van der Waals surface area (Å²) in [5.74, 6) is -0.829. The molecule has 5 heterocycles. The van der Waals surface area contributed by atoms with Gasteiger partial charge in [-0.05, 0) is 17.9 Å². The standard InChI is InChI=1S/C26H32N10O6/c1-25(2)6-7-42-17-11(4-3-5-12(17)25)20(39)30-15-10-36-23(28)31-14(18-26(36,19(15)38)35-22(27)34-18)9-29-21(40)13-8-16(37)33-24(41)32-13/h3-5,8,14-15,18-19,38H,6-7,9-10H2,1-2H3,(H2,28,31)(H,29,40)(H,30,39)(H3,27,34,35)(H2,32,33,37,41)/t14-,15?,18-,19+,26?/m0/s1. The number of H-pyrrole nitrogens is 2. The highest BCUT2D eigenvalue weighted by molar-refractivity contribution is 5.98. The topological polar surface area (TPSA) is 240 Å². The highest BCUT2D eigenvalue weighted by Gasteiger charge is 2.66. The van der Waals surface area contributed by atoms with Crippen LogP contribution in [0.4, 0.5) is 0 Å². The number of guanidine groups is 2. The molecule has 1 aromatic carbocycles. The molecule has 6 rings (SSSR count). The van der Waals surface area contributed by atoms with Crippen LogP contribution in [0.1, 0.15) is 46.7 Å². The SMILES string of the molecule is CC1(C)CCOc2c(C(=O)NC3CN4C(=N)N[C@@H](CNC(=O)c5cc(=O)[nH]c(=O)[nH]5)[C@@H]5NC(=N)NC54[C@@H]3O)cccc21. The van der Waals surface area contributed by atoms with Crippen molar-refractivity contribution in [1.29, 1.82) is 10.8 Å². The maximum Gasteiger partial charge on any atom is 0.326 e. The lowest BCUT2D eigenvalue weighted by Gasteiger charge is -2.49. The lowest BCUT2D eigenvalue weighted by Crippen LogP contribution is -2.78. The van der Waals surface area contributed by atoms with Gasteiger partial charge >= 0.3 is 5.69 Å². The fourth-order valence-electron chi connectivity index (χ4n) is 6.38. The van der Waals surface area contributed by atoms with Crippen molar-refractivity contribution in [1.82, 2.24) is 41.5 Å². The van der Waals surface area contributed by atoms with Crippen molar-refractivity contribution < 1.29 is 19.4 Å². The molecule has 1 aromatic heterocycles. The smallest absolute Gasteiger partial charge is 0.326 e. The van der Waals surface area contributed by atoms with Gasteiger partial charge in [0.2, 0.25) is 0 Å². The number of hydrogen-bond donors (Lipinski definition) is 10. The number of hydrogen-bond acceptors (Lipinski definition) is 8. The van der Waals surface area contributed by atoms with E-state index in [1.54, 1.807) is 17.0 Å². The minimum atomic E-state index is -1.39. The van der Waals surface area contributed by atoms with Crippen LogP contribution in [-0.2, 0) is 5.41 Å². The Morgan fingerprint density at radius 2 is 1.95 bits per heavy atom. The second kappa shape index (κ2) is 9.61. The molecular formula is C26H32N10O6. The summed E-state index contributed by atoms with van der Waals surface area (Å²) in [7, 11) is 0. The molecule has 0 radical (unpaired) electrons. The van der Waals surface area contributed by atoms with Crippen LogP contribution in [0.5, 0.6) is 5.75 Å². The van der Waals surface area contributed by atoms with E-state index >= 15 is 0 Å². The zero-order chi connectivity index (χ0) is 30.0. The van der Waals surface area contributed by atoms with Crippen LogP contribution < -0.4 is 42.6 Å². The molecule has 0 saturated carbocycles. The molecule has 3 saturated heterocycles. The summed E-state index contributed by atoms with van der Waals surface area (Å²) in [4.78, 5) is 55.1. The Morgan fingerprint density at radius 1 is 1.17 bits per heavy atom. The number of nitrogens with zero attached hydrogens (tertiary/aromatic N) is 1. The fourth-order valence-corrected chi connectivity index (χ4v) is 6.38. The average molecular weight is 581 g/mol. The first kappa shape index (κ1) is 27.3. The van der Waals surface area contributed by atoms with Crippen molar-refractivity contribution in [3.8, 4) is 5.75 Å². The van der Waals surface area contributed by atoms with Gasteiger partial charge in [-0.25, -0.2) is 4.79 Å². The van der Waals surface area contributed by atoms with E-state index in [2.05, 4.69) is 45.4 Å². The Kier molecular flexibility index (Phi) is 6.25. The minimum absolute atomic E-state index is 0.0612. The number of rotatable bonds is 5. The summed E-state index contributed by atoms with van der Waals surface area (Å²) in [6.07, 6.45) is -0.461. The third-order valence-corrected chi connectivity index (χ3v) is 8.52. The van der Waals surface area contributed by atoms with Gasteiger partial charge in [0.1, 0.15) is 17.5 Å². The molecule has 3 fully saturated rings. The van der Waals surface area contributed by atoms with Crippen molar-refractivity contribution in [2.24, 2.45) is 0 Å². The number of carbonyl (C=O) groups excluding carboxylic acids is 2. The molecule has 222 valence electrons. The predicted molar refractivity (Wildman–Crippen MR) is 149 cm³/mol. The maximum absolute atomic E-state index is 13.5. The van der Waals surface area contributed by atoms with Crippen molar-refractivity contribution in [3.63, 3.8) is 0 Å². The van der Waals surface area contributed by atoms with Gasteiger partial charge in [-0.3, -0.25) is 30.2 Å². The molecule has 4 aliphatic rings. The van der Waals surface area contributed by atoms with Crippen LogP contribution in [0.3, 0.4) is 0 Å². The van der Waals surface area contributed by atoms with E-state index in [1.165, 1.54) is 0 Å². The van der Waals surface area contributed by atoms with Crippen LogP contribution in [0.15, 0.2) is 33.9 Å². The summed E-state index contributed by atoms with van der Waals surface area (Å²) in [5, 5.41) is 43.1. The van der Waals surface area contributed by atoms with E-state index in [-0.39, 0.29) is 36.1 Å². The summed E-state index contributed by atoms with van der Waals surface area (Å²) < 4.78 is 5.90. The number of aliphatic hydroxyl groups excluding tert-OH is 1. The highest BCUT2D eigenvalue weighted by atomic mass is 16.5. The largest absolute Gasteiger partial charge is 0.492 e. The van der Waals surface area contributed by atoms with Crippen molar-refractivity contribution in [3.05, 3.63) is 61.9 Å². The number of nitrogens with one attached hydrogen (secondary N) is 9. The molecule has 2 aromatic rings. The van der Waals surface area contributed by atoms with Gasteiger partial charge < -0.3 is 46.3 Å². The van der Waals surface area contributed by atoms with Crippen LogP contribution in [0.25, 0.3) is 0 Å². The molecule has 2 amide bonds. The predicted octanol–water partition coefficient (Wildman–Crippen LogP) is -2.57. The number of aliphatic hydroxyl groups is 1. The van der Waals surface area contributed by atoms with E-state index in [0.29, 0.717) is 17.9 Å². The van der Waals surface area contributed by atoms with Gasteiger partial charge in [0.15, 0.2) is 17.6 Å². The van der Waals surface area contributed by atoms with E-state index in [9.17, 15) is 24.3 Å². The number of aromatic nitrogens is 2. The number of ether oxygens (including phenoxy) is 1. The van der Waals surface area contributed by atoms with Crippen LogP contribution in [0, 0.1) is 10.8 Å². The van der Waals surface area contributed by atoms with Crippen molar-refractivity contribution >= 4 is 23.7 Å². The fraction of sp³-hybridized carbons (Fsp3) is 0.462.